The summed E-state index contributed by atoms with van der Waals surface area (Å²) < 4.78 is 72.6. The fraction of sp³-hybridized carbons (Fsp3) is 0.621. The summed E-state index contributed by atoms with van der Waals surface area (Å²) in [5.41, 5.74) is 1.99. The van der Waals surface area contributed by atoms with Crippen LogP contribution in [0.15, 0.2) is 48.7 Å². The third-order valence-corrected chi connectivity index (χ3v) is 7.24. The van der Waals surface area contributed by atoms with Crippen molar-refractivity contribution in [3.05, 3.63) is 54.3 Å². The number of hydrogen-bond acceptors (Lipinski definition) is 7. The lowest BCUT2D eigenvalue weighted by Gasteiger charge is -2.59. The average Bonchev–Trinajstić information content (AvgIpc) is 3.71. The van der Waals surface area contributed by atoms with Crippen LogP contribution in [0.2, 0.25) is 0 Å². The number of hydrogen-bond donors (Lipinski definition) is 4. The second-order valence-corrected chi connectivity index (χ2v) is 11.4. The number of likely N-dealkylation sites (tertiary alicyclic amines) is 1. The van der Waals surface area contributed by atoms with Gasteiger partial charge in [-0.25, -0.2) is 4.79 Å². The molecule has 14 heteroatoms. The van der Waals surface area contributed by atoms with Gasteiger partial charge in [-0.1, -0.05) is 67.9 Å². The summed E-state index contributed by atoms with van der Waals surface area (Å²) in [5.74, 6) is -3.48. The molecule has 1 spiro atoms. The number of nitrogens with zero attached hydrogens (tertiary/aromatic N) is 1. The van der Waals surface area contributed by atoms with Gasteiger partial charge in [0, 0.05) is 51.1 Å². The molecule has 1 aliphatic heterocycles. The Bertz CT molecular complexity index is 937. The van der Waals surface area contributed by atoms with Crippen molar-refractivity contribution in [1.82, 2.24) is 14.9 Å². The molecule has 3 fully saturated rings. The Kier molecular flexibility index (Phi) is 17.3. The minimum Gasteiger partial charge on any atom is -0.505 e. The van der Waals surface area contributed by atoms with Crippen LogP contribution in [0.3, 0.4) is 0 Å². The number of allylic oxidation sites excluding steroid dienone is 2. The Morgan fingerprint density at radius 1 is 1.09 bits per heavy atom. The summed E-state index contributed by atoms with van der Waals surface area (Å²) in [6.45, 7) is 10.2. The van der Waals surface area contributed by atoms with Crippen LogP contribution in [0.5, 0.6) is 0 Å². The molecule has 2 saturated carbocycles. The molecule has 0 amide bonds. The van der Waals surface area contributed by atoms with Crippen LogP contribution in [-0.2, 0) is 9.53 Å². The van der Waals surface area contributed by atoms with E-state index in [1.54, 1.807) is 19.1 Å². The van der Waals surface area contributed by atoms with Gasteiger partial charge in [0.15, 0.2) is 5.76 Å². The number of methoxy groups -OCH3 is 1. The molecule has 1 aromatic carbocycles. The lowest BCUT2D eigenvalue weighted by atomic mass is 9.60. The molecule has 0 radical (unpaired) electrons. The quantitative estimate of drug-likeness (QED) is 0.0947. The van der Waals surface area contributed by atoms with Crippen molar-refractivity contribution in [3.63, 3.8) is 0 Å². The Balaban J connectivity index is 0.000000325. The summed E-state index contributed by atoms with van der Waals surface area (Å²) in [6, 6.07) is 12.1. The summed E-state index contributed by atoms with van der Waals surface area (Å²) in [7, 11) is 1.75. The zero-order valence-corrected chi connectivity index (χ0v) is 25.3. The first-order valence-electron chi connectivity index (χ1n) is 13.9. The summed E-state index contributed by atoms with van der Waals surface area (Å²) in [4.78, 5) is 11.5. The SMILES string of the molecule is C=C(O)C(F)(F)F.CC/C=C\c1ccccc1.COCCSNCCN1CC2(CC(NC3CC3)C2)C1.O=C(O)C(F)(F)F. The molecule has 1 aromatic rings. The second-order valence-electron chi connectivity index (χ2n) is 10.5. The van der Waals surface area contributed by atoms with Gasteiger partial charge in [0.25, 0.3) is 0 Å². The van der Waals surface area contributed by atoms with Crippen LogP contribution in [-0.4, -0.2) is 91.2 Å². The Morgan fingerprint density at radius 3 is 2.09 bits per heavy atom. The van der Waals surface area contributed by atoms with Crippen molar-refractivity contribution in [2.24, 2.45) is 5.41 Å². The highest BCUT2D eigenvalue weighted by Gasteiger charge is 2.52. The number of nitrogens with one attached hydrogen (secondary N) is 2. The number of benzene rings is 1. The number of ether oxygens (including phenoxy) is 1. The van der Waals surface area contributed by atoms with Gasteiger partial charge in [-0.15, -0.1) is 0 Å². The lowest BCUT2D eigenvalue weighted by molar-refractivity contribution is -0.192. The second kappa shape index (κ2) is 19.2. The van der Waals surface area contributed by atoms with Crippen LogP contribution in [0.4, 0.5) is 26.3 Å². The standard InChI is InChI=1S/C14H27N3OS.C10H12.C3H3F3O.C2HF3O2/c1-18-6-7-19-15-4-5-17-10-14(11-17)8-13(9-14)16-12-2-3-12;1-2-3-7-10-8-5-4-6-9-10;1-2(7)3(4,5)6;3-2(4,5)1(6)7/h12-13,15-16H,2-11H2,1H3;3-9H,2H2,1H3;7H,1H2;(H,6,7)/b;7-3-;;. The number of aliphatic carboxylic acids is 1. The molecule has 4 N–H and O–H groups in total. The topological polar surface area (TPSA) is 94.1 Å². The number of carbonyl (C=O) groups is 1. The number of carboxylic acids is 1. The van der Waals surface area contributed by atoms with Crippen LogP contribution in [0.25, 0.3) is 6.08 Å². The van der Waals surface area contributed by atoms with E-state index in [4.69, 9.17) is 19.7 Å². The zero-order chi connectivity index (χ0) is 32.5. The van der Waals surface area contributed by atoms with Gasteiger partial charge in [-0.3, -0.25) is 4.72 Å². The van der Waals surface area contributed by atoms with E-state index in [0.29, 0.717) is 5.41 Å². The monoisotopic (exact) mass is 643 g/mol. The normalized spacial score (nSPS) is 17.8. The molecule has 43 heavy (non-hydrogen) atoms. The Morgan fingerprint density at radius 2 is 1.65 bits per heavy atom. The summed E-state index contributed by atoms with van der Waals surface area (Å²) in [6.07, 6.45) is 1.38. The number of halogens is 6. The lowest BCUT2D eigenvalue weighted by Crippen LogP contribution is -2.66. The van der Waals surface area contributed by atoms with E-state index in [1.165, 1.54) is 50.9 Å². The average molecular weight is 644 g/mol. The third kappa shape index (κ3) is 17.6. The molecule has 0 unspecified atom stereocenters. The minimum atomic E-state index is -5.08. The largest absolute Gasteiger partial charge is 0.505 e. The molecule has 0 atom stereocenters. The van der Waals surface area contributed by atoms with E-state index in [1.807, 2.05) is 6.07 Å². The molecule has 0 bridgehead atoms. The maximum Gasteiger partial charge on any atom is 0.490 e. The van der Waals surface area contributed by atoms with Gasteiger partial charge in [0.2, 0.25) is 0 Å². The molecule has 3 aliphatic rings. The zero-order valence-electron chi connectivity index (χ0n) is 24.5. The van der Waals surface area contributed by atoms with Gasteiger partial charge >= 0.3 is 18.3 Å². The molecule has 246 valence electrons. The first-order chi connectivity index (χ1) is 20.1. The van der Waals surface area contributed by atoms with E-state index in [0.717, 1.165) is 37.4 Å². The fourth-order valence-corrected chi connectivity index (χ4v) is 4.93. The van der Waals surface area contributed by atoms with Crippen molar-refractivity contribution in [2.75, 3.05) is 45.6 Å². The molecule has 1 heterocycles. The number of rotatable bonds is 11. The maximum atomic E-state index is 10.8. The molecular formula is C29H43F6N3O4S. The van der Waals surface area contributed by atoms with Gasteiger partial charge < -0.3 is 25.2 Å². The highest BCUT2D eigenvalue weighted by Crippen LogP contribution is 2.48. The number of carboxylic acid groups (broad SMARTS) is 1. The first-order valence-corrected chi connectivity index (χ1v) is 14.9. The van der Waals surface area contributed by atoms with Crippen LogP contribution in [0.1, 0.15) is 44.6 Å². The van der Waals surface area contributed by atoms with Crippen molar-refractivity contribution in [2.45, 2.75) is 63.5 Å². The maximum absolute atomic E-state index is 10.8. The molecule has 2 aliphatic carbocycles. The first kappa shape index (κ1) is 38.8. The van der Waals surface area contributed by atoms with Gasteiger partial charge in [0.05, 0.1) is 6.61 Å². The Hall–Kier alpha value is -2.26. The van der Waals surface area contributed by atoms with E-state index >= 15 is 0 Å². The predicted molar refractivity (Wildman–Crippen MR) is 158 cm³/mol. The fourth-order valence-electron chi connectivity index (χ4n) is 4.30. The molecule has 7 nitrogen and oxygen atoms in total. The number of aliphatic hydroxyl groups is 1. The number of aliphatic hydroxyl groups excluding tert-OH is 1. The van der Waals surface area contributed by atoms with E-state index in [9.17, 15) is 26.3 Å². The minimum absolute atomic E-state index is 0.704. The number of alkyl halides is 6. The van der Waals surface area contributed by atoms with Crippen molar-refractivity contribution < 1.29 is 46.1 Å². The van der Waals surface area contributed by atoms with Crippen LogP contribution in [0, 0.1) is 5.41 Å². The summed E-state index contributed by atoms with van der Waals surface area (Å²) in [5, 5.41) is 18.4. The van der Waals surface area contributed by atoms with E-state index in [2.05, 4.69) is 64.9 Å². The molecule has 1 saturated heterocycles. The van der Waals surface area contributed by atoms with Crippen LogP contribution < -0.4 is 10.0 Å². The van der Waals surface area contributed by atoms with Crippen molar-refractivity contribution >= 4 is 24.0 Å². The highest BCUT2D eigenvalue weighted by molar-refractivity contribution is 7.97. The highest BCUT2D eigenvalue weighted by atomic mass is 32.2. The van der Waals surface area contributed by atoms with Crippen molar-refractivity contribution in [3.8, 4) is 0 Å². The van der Waals surface area contributed by atoms with Gasteiger partial charge in [-0.05, 0) is 43.1 Å². The summed E-state index contributed by atoms with van der Waals surface area (Å²) >= 11 is 1.78. The van der Waals surface area contributed by atoms with Gasteiger partial charge in [-0.2, -0.15) is 26.3 Å². The smallest absolute Gasteiger partial charge is 0.490 e. The van der Waals surface area contributed by atoms with E-state index < -0.39 is 24.1 Å². The molecular weight excluding hydrogens is 600 g/mol. The van der Waals surface area contributed by atoms with Crippen LogP contribution >= 0.6 is 11.9 Å². The Labute approximate surface area is 253 Å². The molecule has 0 aromatic heterocycles. The van der Waals surface area contributed by atoms with Crippen molar-refractivity contribution in [1.29, 1.82) is 0 Å². The molecule has 4 rings (SSSR count). The predicted octanol–water partition coefficient (Wildman–Crippen LogP) is 6.45. The van der Waals surface area contributed by atoms with Gasteiger partial charge in [0.1, 0.15) is 0 Å². The van der Waals surface area contributed by atoms with E-state index in [-0.39, 0.29) is 0 Å². The third-order valence-electron chi connectivity index (χ3n) is 6.46.